The first-order valence-corrected chi connectivity index (χ1v) is 6.37. The lowest BCUT2D eigenvalue weighted by atomic mass is 10.2. The minimum Gasteiger partial charge on any atom is -0.384 e. The lowest BCUT2D eigenvalue weighted by Gasteiger charge is -2.08. The van der Waals surface area contributed by atoms with E-state index >= 15 is 0 Å². The molecule has 0 unspecified atom stereocenters. The number of hydrogen-bond donors (Lipinski definition) is 1. The van der Waals surface area contributed by atoms with Gasteiger partial charge in [0, 0.05) is 5.69 Å². The van der Waals surface area contributed by atoms with Crippen LogP contribution in [-0.4, -0.2) is 4.57 Å². The van der Waals surface area contributed by atoms with Crippen LogP contribution in [0.15, 0.2) is 10.8 Å². The summed E-state index contributed by atoms with van der Waals surface area (Å²) >= 11 is 1.69. The molecule has 4 heteroatoms. The van der Waals surface area contributed by atoms with Gasteiger partial charge in [0.1, 0.15) is 11.9 Å². The normalized spacial score (nSPS) is 10.5. The summed E-state index contributed by atoms with van der Waals surface area (Å²) in [7, 11) is 0. The fourth-order valence-electron chi connectivity index (χ4n) is 1.96. The number of nitrogens with two attached hydrogens (primary N) is 1. The number of aryl methyl sites for hydroxylation is 1. The second-order valence-electron chi connectivity index (χ2n) is 4.25. The molecule has 0 atom stereocenters. The zero-order chi connectivity index (χ0) is 12.6. The van der Waals surface area contributed by atoms with Crippen molar-refractivity contribution >= 4 is 17.2 Å². The second kappa shape index (κ2) is 4.27. The summed E-state index contributed by atoms with van der Waals surface area (Å²) in [6.07, 6.45) is 0. The molecule has 0 saturated carbocycles. The number of rotatable bonds is 2. The van der Waals surface area contributed by atoms with Crippen LogP contribution in [0.4, 0.5) is 5.82 Å². The fourth-order valence-corrected chi connectivity index (χ4v) is 2.80. The number of thiophene rings is 1. The number of nitrogens with zero attached hydrogens (tertiary/aromatic N) is 2. The Morgan fingerprint density at radius 2 is 2.06 bits per heavy atom. The summed E-state index contributed by atoms with van der Waals surface area (Å²) in [6, 6.07) is 2.18. The van der Waals surface area contributed by atoms with Gasteiger partial charge < -0.3 is 10.3 Å². The summed E-state index contributed by atoms with van der Waals surface area (Å²) in [6.45, 7) is 6.80. The van der Waals surface area contributed by atoms with Crippen molar-refractivity contribution in [2.45, 2.75) is 27.3 Å². The van der Waals surface area contributed by atoms with E-state index in [2.05, 4.69) is 23.8 Å². The third kappa shape index (κ3) is 1.83. The highest BCUT2D eigenvalue weighted by Crippen LogP contribution is 2.26. The van der Waals surface area contributed by atoms with Gasteiger partial charge in [0.05, 0.1) is 12.1 Å². The Labute approximate surface area is 105 Å². The number of nitriles is 1. The third-order valence-corrected chi connectivity index (χ3v) is 4.18. The van der Waals surface area contributed by atoms with Gasteiger partial charge in [-0.15, -0.1) is 0 Å². The molecule has 0 amide bonds. The monoisotopic (exact) mass is 245 g/mol. The Bertz CT molecular complexity index is 599. The molecule has 0 radical (unpaired) electrons. The summed E-state index contributed by atoms with van der Waals surface area (Å²) in [5.41, 5.74) is 11.2. The van der Waals surface area contributed by atoms with Crippen molar-refractivity contribution in [2.24, 2.45) is 0 Å². The molecular formula is C13H15N3S. The molecular weight excluding hydrogens is 230 g/mol. The molecule has 2 N–H and O–H groups in total. The van der Waals surface area contributed by atoms with E-state index in [9.17, 15) is 0 Å². The van der Waals surface area contributed by atoms with Crippen LogP contribution < -0.4 is 5.73 Å². The van der Waals surface area contributed by atoms with Crippen LogP contribution in [0, 0.1) is 32.1 Å². The molecule has 2 heterocycles. The van der Waals surface area contributed by atoms with Gasteiger partial charge in [-0.1, -0.05) is 0 Å². The molecule has 0 spiro atoms. The molecule has 2 aromatic heterocycles. The lowest BCUT2D eigenvalue weighted by molar-refractivity contribution is 0.782. The van der Waals surface area contributed by atoms with E-state index in [1.165, 1.54) is 11.1 Å². The topological polar surface area (TPSA) is 54.7 Å². The molecule has 3 nitrogen and oxygen atoms in total. The fraction of sp³-hybridized carbons (Fsp3) is 0.308. The van der Waals surface area contributed by atoms with Crippen molar-refractivity contribution in [1.29, 1.82) is 5.26 Å². The SMILES string of the molecule is Cc1cscc1Cn1c(C)c(C)c(C#N)c1N. The average Bonchev–Trinajstić information content (AvgIpc) is 2.78. The highest BCUT2D eigenvalue weighted by molar-refractivity contribution is 7.08. The van der Waals surface area contributed by atoms with Crippen LogP contribution in [0.1, 0.15) is 27.9 Å². The van der Waals surface area contributed by atoms with E-state index < -0.39 is 0 Å². The Morgan fingerprint density at radius 3 is 2.53 bits per heavy atom. The van der Waals surface area contributed by atoms with Gasteiger partial charge >= 0.3 is 0 Å². The van der Waals surface area contributed by atoms with Crippen molar-refractivity contribution in [2.75, 3.05) is 5.73 Å². The van der Waals surface area contributed by atoms with Crippen LogP contribution in [0.25, 0.3) is 0 Å². The van der Waals surface area contributed by atoms with E-state index in [4.69, 9.17) is 11.0 Å². The summed E-state index contributed by atoms with van der Waals surface area (Å²) in [5, 5.41) is 13.3. The number of hydrogen-bond acceptors (Lipinski definition) is 3. The summed E-state index contributed by atoms with van der Waals surface area (Å²) in [4.78, 5) is 0. The van der Waals surface area contributed by atoms with Crippen LogP contribution in [-0.2, 0) is 6.54 Å². The highest BCUT2D eigenvalue weighted by Gasteiger charge is 2.15. The molecule has 2 aromatic rings. The van der Waals surface area contributed by atoms with Gasteiger partial charge in [-0.2, -0.15) is 16.6 Å². The van der Waals surface area contributed by atoms with E-state index in [-0.39, 0.29) is 0 Å². The first-order valence-electron chi connectivity index (χ1n) is 5.43. The Balaban J connectivity index is 2.48. The zero-order valence-electron chi connectivity index (χ0n) is 10.2. The number of aromatic nitrogens is 1. The van der Waals surface area contributed by atoms with E-state index in [0.717, 1.165) is 17.8 Å². The molecule has 2 rings (SSSR count). The quantitative estimate of drug-likeness (QED) is 0.884. The average molecular weight is 245 g/mol. The Kier molecular flexibility index (Phi) is 2.95. The molecule has 0 aliphatic heterocycles. The molecule has 0 aliphatic carbocycles. The first-order chi connectivity index (χ1) is 8.06. The predicted molar refractivity (Wildman–Crippen MR) is 71.2 cm³/mol. The van der Waals surface area contributed by atoms with Gasteiger partial charge in [0.15, 0.2) is 0 Å². The third-order valence-electron chi connectivity index (χ3n) is 3.27. The molecule has 0 saturated heterocycles. The molecule has 0 fully saturated rings. The largest absolute Gasteiger partial charge is 0.384 e. The molecule has 17 heavy (non-hydrogen) atoms. The van der Waals surface area contributed by atoms with Crippen molar-refractivity contribution in [3.63, 3.8) is 0 Å². The predicted octanol–water partition coefficient (Wildman–Crippen LogP) is 2.98. The number of nitrogen functional groups attached to an aromatic ring is 1. The Morgan fingerprint density at radius 1 is 1.35 bits per heavy atom. The summed E-state index contributed by atoms with van der Waals surface area (Å²) in [5.74, 6) is 0.577. The Hall–Kier alpha value is -1.73. The van der Waals surface area contributed by atoms with Crippen LogP contribution in [0.2, 0.25) is 0 Å². The standard InChI is InChI=1S/C13H15N3S/c1-8-6-17-7-11(8)5-16-10(3)9(2)12(4-14)13(16)15/h6-7H,5,15H2,1-3H3. The lowest BCUT2D eigenvalue weighted by Crippen LogP contribution is -2.06. The zero-order valence-corrected chi connectivity index (χ0v) is 11.1. The van der Waals surface area contributed by atoms with Gasteiger partial charge in [0.25, 0.3) is 0 Å². The van der Waals surface area contributed by atoms with Crippen LogP contribution in [0.3, 0.4) is 0 Å². The maximum atomic E-state index is 9.08. The van der Waals surface area contributed by atoms with E-state index in [0.29, 0.717) is 11.4 Å². The van der Waals surface area contributed by atoms with Gasteiger partial charge in [-0.25, -0.2) is 0 Å². The smallest absolute Gasteiger partial charge is 0.122 e. The van der Waals surface area contributed by atoms with Crippen molar-refractivity contribution in [3.05, 3.63) is 38.7 Å². The molecule has 0 aliphatic rings. The van der Waals surface area contributed by atoms with Crippen LogP contribution in [0.5, 0.6) is 0 Å². The van der Waals surface area contributed by atoms with Gasteiger partial charge in [0.2, 0.25) is 0 Å². The van der Waals surface area contributed by atoms with Crippen molar-refractivity contribution in [3.8, 4) is 6.07 Å². The van der Waals surface area contributed by atoms with Crippen LogP contribution >= 0.6 is 11.3 Å². The molecule has 0 bridgehead atoms. The van der Waals surface area contributed by atoms with Crippen molar-refractivity contribution < 1.29 is 0 Å². The second-order valence-corrected chi connectivity index (χ2v) is 4.99. The molecule has 0 aromatic carbocycles. The minimum absolute atomic E-state index is 0.577. The first kappa shape index (κ1) is 11.7. The van der Waals surface area contributed by atoms with Crippen molar-refractivity contribution in [1.82, 2.24) is 4.57 Å². The van der Waals surface area contributed by atoms with Gasteiger partial charge in [-0.05, 0) is 48.2 Å². The van der Waals surface area contributed by atoms with E-state index in [1.807, 2.05) is 18.4 Å². The highest BCUT2D eigenvalue weighted by atomic mass is 32.1. The van der Waals surface area contributed by atoms with E-state index in [1.54, 1.807) is 11.3 Å². The summed E-state index contributed by atoms with van der Waals surface area (Å²) < 4.78 is 2.02. The maximum absolute atomic E-state index is 9.08. The maximum Gasteiger partial charge on any atom is 0.122 e. The number of anilines is 1. The minimum atomic E-state index is 0.577. The molecule has 88 valence electrons. The van der Waals surface area contributed by atoms with Gasteiger partial charge in [-0.3, -0.25) is 0 Å².